The summed E-state index contributed by atoms with van der Waals surface area (Å²) in [4.78, 5) is 15.6. The van der Waals surface area contributed by atoms with Crippen LogP contribution in [0.1, 0.15) is 62.4 Å². The topological polar surface area (TPSA) is 121 Å². The quantitative estimate of drug-likeness (QED) is 0.206. The van der Waals surface area contributed by atoms with E-state index in [0.29, 0.717) is 29.8 Å². The van der Waals surface area contributed by atoms with Gasteiger partial charge in [0.25, 0.3) is 5.92 Å². The first-order valence-corrected chi connectivity index (χ1v) is 13.1. The van der Waals surface area contributed by atoms with E-state index in [2.05, 4.69) is 25.9 Å². The normalized spacial score (nSPS) is 13.6. The second kappa shape index (κ2) is 13.4. The van der Waals surface area contributed by atoms with Crippen LogP contribution < -0.4 is 10.6 Å². The number of benzene rings is 2. The van der Waals surface area contributed by atoms with E-state index in [4.69, 9.17) is 4.98 Å². The summed E-state index contributed by atoms with van der Waals surface area (Å²) in [7, 11) is 1.50. The van der Waals surface area contributed by atoms with E-state index in [1.807, 2.05) is 44.3 Å². The number of carbonyl (C=O) groups excluding carboxylic acids is 1. The van der Waals surface area contributed by atoms with Crippen molar-refractivity contribution in [1.82, 2.24) is 30.3 Å². The lowest BCUT2D eigenvalue weighted by molar-refractivity contribution is 0.0247. The molecule has 39 heavy (non-hydrogen) atoms. The number of hydrogen-bond acceptors (Lipinski definition) is 7. The Bertz CT molecular complexity index is 1340. The van der Waals surface area contributed by atoms with Crippen molar-refractivity contribution in [2.24, 2.45) is 0 Å². The smallest absolute Gasteiger partial charge is 0.257 e. The van der Waals surface area contributed by atoms with Crippen molar-refractivity contribution in [3.05, 3.63) is 53.7 Å². The molecule has 1 saturated carbocycles. The first-order valence-electron chi connectivity index (χ1n) is 13.1. The van der Waals surface area contributed by atoms with E-state index < -0.39 is 12.0 Å². The van der Waals surface area contributed by atoms with E-state index in [1.54, 1.807) is 23.7 Å². The van der Waals surface area contributed by atoms with Gasteiger partial charge in [-0.15, -0.1) is 5.10 Å². The number of anilines is 2. The number of aliphatic hydroxyl groups is 1. The number of alkyl halides is 2. The fourth-order valence-electron chi connectivity index (χ4n) is 4.04. The zero-order valence-electron chi connectivity index (χ0n) is 23.0. The third kappa shape index (κ3) is 8.14. The molecule has 5 rings (SSSR count). The Balaban J connectivity index is 0.000000409. The summed E-state index contributed by atoms with van der Waals surface area (Å²) in [5, 5.41) is 28.7. The molecule has 11 heteroatoms. The van der Waals surface area contributed by atoms with Crippen molar-refractivity contribution in [2.75, 3.05) is 18.9 Å². The minimum atomic E-state index is -2.56. The lowest BCUT2D eigenvalue weighted by Gasteiger charge is -2.13. The van der Waals surface area contributed by atoms with Gasteiger partial charge in [0.15, 0.2) is 5.82 Å². The molecule has 1 aliphatic carbocycles. The molecule has 1 atom stereocenters. The number of hydrogen-bond donors (Lipinski definition) is 4. The highest BCUT2D eigenvalue weighted by molar-refractivity contribution is 5.89. The van der Waals surface area contributed by atoms with Gasteiger partial charge in [-0.2, -0.15) is 10.1 Å². The average Bonchev–Trinajstić information content (AvgIpc) is 3.50. The van der Waals surface area contributed by atoms with Gasteiger partial charge in [-0.05, 0) is 50.4 Å². The average molecular weight is 542 g/mol. The van der Waals surface area contributed by atoms with Crippen molar-refractivity contribution in [2.45, 2.75) is 65.0 Å². The van der Waals surface area contributed by atoms with Crippen LogP contribution >= 0.6 is 0 Å². The molecule has 1 unspecified atom stereocenters. The van der Waals surface area contributed by atoms with Crippen LogP contribution in [0.4, 0.5) is 20.4 Å². The lowest BCUT2D eigenvalue weighted by Crippen LogP contribution is -2.26. The van der Waals surface area contributed by atoms with E-state index in [9.17, 15) is 18.7 Å². The Morgan fingerprint density at radius 3 is 2.44 bits per heavy atom. The summed E-state index contributed by atoms with van der Waals surface area (Å²) in [6.45, 7) is 6.67. The molecule has 210 valence electrons. The van der Waals surface area contributed by atoms with Crippen molar-refractivity contribution >= 4 is 28.8 Å². The van der Waals surface area contributed by atoms with Gasteiger partial charge < -0.3 is 15.7 Å². The Hall–Kier alpha value is -3.70. The fraction of sp³-hybridized carbons (Fsp3) is 0.429. The molecule has 4 N–H and O–H groups in total. The SMILES string of the molecule is CC.CC(O)Cn1nc(-c2ccc(C=O)cc2)nc1Nc1ccc2[nH]ncc2c1C1CC1.CNCC(C)(F)F. The number of aldehydes is 1. The molecule has 9 nitrogen and oxygen atoms in total. The molecule has 0 radical (unpaired) electrons. The first-order chi connectivity index (χ1) is 18.7. The van der Waals surface area contributed by atoms with Gasteiger partial charge in [0.1, 0.15) is 6.29 Å². The Morgan fingerprint density at radius 1 is 1.21 bits per heavy atom. The van der Waals surface area contributed by atoms with E-state index in [0.717, 1.165) is 48.2 Å². The molecule has 2 heterocycles. The highest BCUT2D eigenvalue weighted by atomic mass is 19.3. The highest BCUT2D eigenvalue weighted by Gasteiger charge is 2.29. The monoisotopic (exact) mass is 541 g/mol. The largest absolute Gasteiger partial charge is 0.391 e. The number of rotatable bonds is 9. The molecular formula is C28H37F2N7O2. The Labute approximate surface area is 227 Å². The van der Waals surface area contributed by atoms with E-state index in [-0.39, 0.29) is 6.54 Å². The maximum absolute atomic E-state index is 11.7. The summed E-state index contributed by atoms with van der Waals surface area (Å²) in [6, 6.07) is 11.2. The number of halogens is 2. The van der Waals surface area contributed by atoms with Crippen LogP contribution in [0.3, 0.4) is 0 Å². The number of aliphatic hydroxyl groups excluding tert-OH is 1. The lowest BCUT2D eigenvalue weighted by atomic mass is 10.0. The molecule has 2 aromatic heterocycles. The molecule has 0 amide bonds. The first kappa shape index (κ1) is 29.9. The molecule has 1 fully saturated rings. The second-order valence-electron chi connectivity index (χ2n) is 9.39. The summed E-state index contributed by atoms with van der Waals surface area (Å²) >= 11 is 0. The standard InChI is InChI=1S/C22H22N6O2.C4H9F2N.C2H6/c1-13(30)11-28-22(25-21(27-28)16-4-2-14(12-29)3-5-16)24-19-9-8-18-17(10-23-26-18)20(19)15-6-7-15;1-4(5,6)3-7-2;1-2/h2-5,8-10,12-13,15,30H,6-7,11H2,1H3,(H,23,26)(H,24,25,27);7H,3H2,1-2H3;1-2H3. The molecule has 0 saturated heterocycles. The van der Waals surface area contributed by atoms with Crippen LogP contribution in [-0.4, -0.2) is 62.0 Å². The summed E-state index contributed by atoms with van der Waals surface area (Å²) in [6.07, 6.45) is 4.43. The van der Waals surface area contributed by atoms with Crippen molar-refractivity contribution in [3.8, 4) is 11.4 Å². The van der Waals surface area contributed by atoms with Crippen LogP contribution in [0.25, 0.3) is 22.3 Å². The van der Waals surface area contributed by atoms with Crippen molar-refractivity contribution in [3.63, 3.8) is 0 Å². The van der Waals surface area contributed by atoms with Gasteiger partial charge in [-0.25, -0.2) is 13.5 Å². The number of fused-ring (bicyclic) bond motifs is 1. The van der Waals surface area contributed by atoms with Gasteiger partial charge in [-0.1, -0.05) is 38.1 Å². The molecular weight excluding hydrogens is 504 g/mol. The van der Waals surface area contributed by atoms with Crippen LogP contribution in [0.2, 0.25) is 0 Å². The van der Waals surface area contributed by atoms with E-state index >= 15 is 0 Å². The Kier molecular flexibility index (Phi) is 10.2. The number of H-pyrrole nitrogens is 1. The number of aromatic nitrogens is 5. The number of carbonyl (C=O) groups is 1. The predicted octanol–water partition coefficient (Wildman–Crippen LogP) is 5.52. The maximum atomic E-state index is 11.7. The minimum Gasteiger partial charge on any atom is -0.391 e. The van der Waals surface area contributed by atoms with Gasteiger partial charge in [0, 0.05) is 29.1 Å². The van der Waals surface area contributed by atoms with Gasteiger partial charge in [0.2, 0.25) is 5.95 Å². The van der Waals surface area contributed by atoms with Gasteiger partial charge in [-0.3, -0.25) is 9.89 Å². The van der Waals surface area contributed by atoms with Crippen LogP contribution in [0.15, 0.2) is 42.6 Å². The molecule has 0 spiro atoms. The number of nitrogens with zero attached hydrogens (tertiary/aromatic N) is 4. The molecule has 1 aliphatic rings. The molecule has 2 aromatic carbocycles. The van der Waals surface area contributed by atoms with Crippen LogP contribution in [-0.2, 0) is 6.54 Å². The maximum Gasteiger partial charge on any atom is 0.257 e. The summed E-state index contributed by atoms with van der Waals surface area (Å²) in [5.74, 6) is -0.949. The molecule has 0 bridgehead atoms. The minimum absolute atomic E-state index is 0.243. The number of aromatic amines is 1. The van der Waals surface area contributed by atoms with E-state index in [1.165, 1.54) is 12.6 Å². The van der Waals surface area contributed by atoms with Crippen molar-refractivity contribution in [1.29, 1.82) is 0 Å². The second-order valence-corrected chi connectivity index (χ2v) is 9.39. The zero-order valence-corrected chi connectivity index (χ0v) is 23.0. The fourth-order valence-corrected chi connectivity index (χ4v) is 4.04. The zero-order chi connectivity index (χ0) is 28.6. The van der Waals surface area contributed by atoms with Gasteiger partial charge in [0.05, 0.1) is 30.9 Å². The Morgan fingerprint density at radius 2 is 1.90 bits per heavy atom. The van der Waals surface area contributed by atoms with Gasteiger partial charge >= 0.3 is 0 Å². The summed E-state index contributed by atoms with van der Waals surface area (Å²) in [5.41, 5.74) is 4.64. The predicted molar refractivity (Wildman–Crippen MR) is 150 cm³/mol. The number of nitrogens with one attached hydrogen (secondary N) is 3. The van der Waals surface area contributed by atoms with Crippen LogP contribution in [0, 0.1) is 0 Å². The molecule has 0 aliphatic heterocycles. The highest BCUT2D eigenvalue weighted by Crippen LogP contribution is 2.47. The summed E-state index contributed by atoms with van der Waals surface area (Å²) < 4.78 is 25.0. The third-order valence-electron chi connectivity index (χ3n) is 5.80. The van der Waals surface area contributed by atoms with Crippen molar-refractivity contribution < 1.29 is 18.7 Å². The molecule has 4 aromatic rings. The third-order valence-corrected chi connectivity index (χ3v) is 5.80. The van der Waals surface area contributed by atoms with Crippen LogP contribution in [0.5, 0.6) is 0 Å².